The molecule has 4 amide bonds. The van der Waals surface area contributed by atoms with Gasteiger partial charge in [-0.3, -0.25) is 4.79 Å². The summed E-state index contributed by atoms with van der Waals surface area (Å²) in [5, 5.41) is 13.9. The van der Waals surface area contributed by atoms with Crippen LogP contribution in [0.3, 0.4) is 0 Å². The third kappa shape index (κ3) is 9.53. The van der Waals surface area contributed by atoms with Crippen molar-refractivity contribution in [3.05, 3.63) is 126 Å². The van der Waals surface area contributed by atoms with Crippen molar-refractivity contribution in [2.24, 2.45) is 0 Å². The minimum absolute atomic E-state index is 0.0198. The van der Waals surface area contributed by atoms with Gasteiger partial charge in [0.05, 0.1) is 6.42 Å². The molecule has 0 aliphatic carbocycles. The summed E-state index contributed by atoms with van der Waals surface area (Å²) < 4.78 is 5.58. The van der Waals surface area contributed by atoms with Gasteiger partial charge in [-0.1, -0.05) is 48.5 Å². The number of rotatable bonds is 13. The van der Waals surface area contributed by atoms with E-state index in [0.717, 1.165) is 75.6 Å². The van der Waals surface area contributed by atoms with Crippen LogP contribution >= 0.6 is 0 Å². The summed E-state index contributed by atoms with van der Waals surface area (Å²) in [6.07, 6.45) is 7.00. The Morgan fingerprint density at radius 1 is 0.600 bits per heavy atom. The van der Waals surface area contributed by atoms with Gasteiger partial charge in [0.15, 0.2) is 0 Å². The van der Waals surface area contributed by atoms with Gasteiger partial charge in [0.1, 0.15) is 5.75 Å². The van der Waals surface area contributed by atoms with Gasteiger partial charge in [0, 0.05) is 46.9 Å². The summed E-state index contributed by atoms with van der Waals surface area (Å²) >= 11 is 0. The van der Waals surface area contributed by atoms with Gasteiger partial charge < -0.3 is 36.0 Å². The molecule has 6 N–H and O–H groups in total. The maximum absolute atomic E-state index is 12.6. The molecule has 0 aliphatic rings. The summed E-state index contributed by atoms with van der Waals surface area (Å²) in [6.45, 7) is 3.96. The number of aryl methyl sites for hydroxylation is 2. The van der Waals surface area contributed by atoms with Gasteiger partial charge in [0.2, 0.25) is 0 Å². The number of H-pyrrole nitrogens is 2. The Morgan fingerprint density at radius 3 is 1.56 bits per heavy atom. The molecule has 50 heavy (non-hydrogen) atoms. The zero-order valence-electron chi connectivity index (χ0n) is 28.2. The molecule has 10 nitrogen and oxygen atoms in total. The minimum atomic E-state index is -0.330. The standard InChI is InChI=1S/C40H42N6O4/c1-26(43-39(48)45-33-15-13-31-19-21-41-36(31)24-33)3-5-28-7-9-30(10-8-28)23-38(47)50-35-17-11-29(12-18-35)6-4-27(2)44-40(49)46-34-16-14-32-20-22-42-37(32)25-34/h7-22,24-27,41-42H,3-6,23H2,1-2H3,(H2,43,45,48)(H2,44,46,49). The molecular weight excluding hydrogens is 628 g/mol. The Bertz CT molecular complexity index is 1920. The summed E-state index contributed by atoms with van der Waals surface area (Å²) in [5.74, 6) is 0.166. The molecule has 2 heterocycles. The number of carbonyl (C=O) groups is 3. The molecule has 2 aromatic heterocycles. The van der Waals surface area contributed by atoms with Crippen LogP contribution in [-0.2, 0) is 24.1 Å². The molecule has 0 saturated heterocycles. The Morgan fingerprint density at radius 2 is 1.06 bits per heavy atom. The number of ether oxygens (including phenoxy) is 1. The molecule has 4 aromatic carbocycles. The molecule has 256 valence electrons. The molecule has 0 spiro atoms. The number of hydrogen-bond acceptors (Lipinski definition) is 4. The molecule has 0 aliphatic heterocycles. The number of aromatic amines is 2. The second-order valence-corrected chi connectivity index (χ2v) is 12.7. The Balaban J connectivity index is 0.870. The van der Waals surface area contributed by atoms with Crippen molar-refractivity contribution in [1.29, 1.82) is 0 Å². The van der Waals surface area contributed by atoms with Gasteiger partial charge in [-0.05, 0) is 116 Å². The average molecular weight is 671 g/mol. The van der Waals surface area contributed by atoms with Gasteiger partial charge in [-0.2, -0.15) is 0 Å². The quantitative estimate of drug-likeness (QED) is 0.0546. The normalized spacial score (nSPS) is 12.3. The van der Waals surface area contributed by atoms with E-state index >= 15 is 0 Å². The zero-order chi connectivity index (χ0) is 34.9. The van der Waals surface area contributed by atoms with Crippen LogP contribution in [0.4, 0.5) is 21.0 Å². The molecule has 2 atom stereocenters. The maximum atomic E-state index is 12.6. The van der Waals surface area contributed by atoms with Crippen molar-refractivity contribution in [3.8, 4) is 5.75 Å². The monoisotopic (exact) mass is 670 g/mol. The van der Waals surface area contributed by atoms with Gasteiger partial charge in [0.25, 0.3) is 0 Å². The molecular formula is C40H42N6O4. The van der Waals surface area contributed by atoms with Crippen LogP contribution in [0.2, 0.25) is 0 Å². The van der Waals surface area contributed by atoms with E-state index in [1.807, 2.05) is 111 Å². The van der Waals surface area contributed by atoms with Crippen LogP contribution in [0.5, 0.6) is 5.75 Å². The largest absolute Gasteiger partial charge is 0.426 e. The first-order valence-corrected chi connectivity index (χ1v) is 16.9. The van der Waals surface area contributed by atoms with Crippen LogP contribution in [0.1, 0.15) is 43.4 Å². The predicted octanol–water partition coefficient (Wildman–Crippen LogP) is 8.08. The number of benzene rings is 4. The first kappa shape index (κ1) is 33.9. The molecule has 6 aromatic rings. The van der Waals surface area contributed by atoms with E-state index < -0.39 is 0 Å². The highest BCUT2D eigenvalue weighted by Gasteiger charge is 2.12. The predicted molar refractivity (Wildman–Crippen MR) is 199 cm³/mol. The van der Waals surface area contributed by atoms with Crippen molar-refractivity contribution < 1.29 is 19.1 Å². The fourth-order valence-electron chi connectivity index (χ4n) is 5.83. The molecule has 6 rings (SSSR count). The van der Waals surface area contributed by atoms with Crippen molar-refractivity contribution in [3.63, 3.8) is 0 Å². The van der Waals surface area contributed by atoms with E-state index in [0.29, 0.717) is 5.75 Å². The highest BCUT2D eigenvalue weighted by atomic mass is 16.5. The number of amides is 4. The van der Waals surface area contributed by atoms with Crippen LogP contribution in [0, 0.1) is 0 Å². The molecule has 0 radical (unpaired) electrons. The van der Waals surface area contributed by atoms with Crippen molar-refractivity contribution in [1.82, 2.24) is 20.6 Å². The van der Waals surface area contributed by atoms with Crippen molar-refractivity contribution in [2.75, 3.05) is 10.6 Å². The number of anilines is 2. The summed E-state index contributed by atoms with van der Waals surface area (Å²) in [7, 11) is 0. The lowest BCUT2D eigenvalue weighted by Gasteiger charge is -2.15. The number of aromatic nitrogens is 2. The second kappa shape index (κ2) is 15.9. The van der Waals surface area contributed by atoms with Gasteiger partial charge >= 0.3 is 18.0 Å². The Kier molecular flexibility index (Phi) is 10.8. The third-order valence-electron chi connectivity index (χ3n) is 8.64. The van der Waals surface area contributed by atoms with E-state index in [1.165, 1.54) is 0 Å². The fraction of sp³-hybridized carbons (Fsp3) is 0.225. The first-order valence-electron chi connectivity index (χ1n) is 16.9. The van der Waals surface area contributed by atoms with E-state index in [4.69, 9.17) is 4.74 Å². The third-order valence-corrected chi connectivity index (χ3v) is 8.64. The topological polar surface area (TPSA) is 140 Å². The fourth-order valence-corrected chi connectivity index (χ4v) is 5.83. The number of esters is 1. The summed E-state index contributed by atoms with van der Waals surface area (Å²) in [6, 6.07) is 30.3. The number of carbonyl (C=O) groups excluding carboxylic acids is 3. The Hall–Kier alpha value is -6.03. The van der Waals surface area contributed by atoms with Crippen molar-refractivity contribution in [2.45, 2.75) is 58.0 Å². The molecule has 0 bridgehead atoms. The molecule has 0 fully saturated rings. The molecule has 10 heteroatoms. The Labute approximate surface area is 291 Å². The van der Waals surface area contributed by atoms with E-state index in [2.05, 4.69) is 31.2 Å². The molecule has 0 saturated carbocycles. The number of urea groups is 2. The summed E-state index contributed by atoms with van der Waals surface area (Å²) in [5.41, 5.74) is 6.49. The van der Waals surface area contributed by atoms with E-state index in [-0.39, 0.29) is 36.5 Å². The second-order valence-electron chi connectivity index (χ2n) is 12.7. The lowest BCUT2D eigenvalue weighted by Crippen LogP contribution is -2.36. The SMILES string of the molecule is CC(CCc1ccc(CC(=O)Oc2ccc(CCC(C)NC(=O)Nc3ccc4cc[nH]c4c3)cc2)cc1)NC(=O)Nc1ccc2cc[nH]c2c1. The smallest absolute Gasteiger partial charge is 0.319 e. The average Bonchev–Trinajstić information content (AvgIpc) is 3.77. The van der Waals surface area contributed by atoms with Crippen LogP contribution in [-0.4, -0.2) is 40.1 Å². The number of hydrogen-bond donors (Lipinski definition) is 6. The van der Waals surface area contributed by atoms with Crippen LogP contribution in [0.15, 0.2) is 109 Å². The molecule has 2 unspecified atom stereocenters. The highest BCUT2D eigenvalue weighted by Crippen LogP contribution is 2.20. The van der Waals surface area contributed by atoms with Gasteiger partial charge in [-0.15, -0.1) is 0 Å². The summed E-state index contributed by atoms with van der Waals surface area (Å²) in [4.78, 5) is 43.9. The first-order chi connectivity index (χ1) is 24.3. The van der Waals surface area contributed by atoms with E-state index in [9.17, 15) is 14.4 Å². The highest BCUT2D eigenvalue weighted by molar-refractivity contribution is 5.93. The number of nitrogens with one attached hydrogen (secondary N) is 6. The zero-order valence-corrected chi connectivity index (χ0v) is 28.2. The maximum Gasteiger partial charge on any atom is 0.319 e. The van der Waals surface area contributed by atoms with E-state index in [1.54, 1.807) is 12.1 Å². The van der Waals surface area contributed by atoms with Crippen molar-refractivity contribution >= 4 is 51.2 Å². The van der Waals surface area contributed by atoms with Crippen LogP contribution in [0.25, 0.3) is 21.8 Å². The lowest BCUT2D eigenvalue weighted by molar-refractivity contribution is -0.133. The lowest BCUT2D eigenvalue weighted by atomic mass is 10.0. The number of fused-ring (bicyclic) bond motifs is 2. The van der Waals surface area contributed by atoms with Gasteiger partial charge in [-0.25, -0.2) is 9.59 Å². The minimum Gasteiger partial charge on any atom is -0.426 e. The van der Waals surface area contributed by atoms with Crippen LogP contribution < -0.4 is 26.0 Å².